The third-order valence-corrected chi connectivity index (χ3v) is 4.88. The minimum atomic E-state index is -3.51. The summed E-state index contributed by atoms with van der Waals surface area (Å²) in [5.41, 5.74) is 0.358. The van der Waals surface area contributed by atoms with Crippen LogP contribution in [0.25, 0.3) is 11.4 Å². The number of rotatable bonds is 4. The molecule has 0 radical (unpaired) electrons. The molecule has 0 saturated heterocycles. The van der Waals surface area contributed by atoms with Crippen LogP contribution in [0.4, 0.5) is 14.5 Å². The van der Waals surface area contributed by atoms with Gasteiger partial charge in [0, 0.05) is 29.2 Å². The molecule has 2 N–H and O–H groups in total. The number of H-pyrrole nitrogens is 1. The normalized spacial score (nSPS) is 11.4. The van der Waals surface area contributed by atoms with Crippen LogP contribution < -0.4 is 5.32 Å². The molecular formula is C17H12ClF2N3O3S. The number of halogens is 3. The lowest BCUT2D eigenvalue weighted by Gasteiger charge is -2.07. The summed E-state index contributed by atoms with van der Waals surface area (Å²) in [7, 11) is -3.51. The molecule has 0 atom stereocenters. The lowest BCUT2D eigenvalue weighted by molar-refractivity contribution is 0.102. The summed E-state index contributed by atoms with van der Waals surface area (Å²) in [6.07, 6.45) is 3.20. The average Bonchev–Trinajstić information content (AvgIpc) is 3.03. The number of amides is 1. The summed E-state index contributed by atoms with van der Waals surface area (Å²) >= 11 is 5.90. The van der Waals surface area contributed by atoms with E-state index in [2.05, 4.69) is 15.3 Å². The van der Waals surface area contributed by atoms with E-state index in [-0.39, 0.29) is 32.6 Å². The predicted molar refractivity (Wildman–Crippen MR) is 96.5 cm³/mol. The Kier molecular flexibility index (Phi) is 4.99. The van der Waals surface area contributed by atoms with Crippen LogP contribution in [0.3, 0.4) is 0 Å². The summed E-state index contributed by atoms with van der Waals surface area (Å²) in [6, 6.07) is 5.95. The van der Waals surface area contributed by atoms with Gasteiger partial charge in [0.25, 0.3) is 5.91 Å². The monoisotopic (exact) mass is 411 g/mol. The highest BCUT2D eigenvalue weighted by molar-refractivity contribution is 7.90. The highest BCUT2D eigenvalue weighted by atomic mass is 35.5. The van der Waals surface area contributed by atoms with Gasteiger partial charge in [-0.1, -0.05) is 11.6 Å². The Morgan fingerprint density at radius 3 is 2.59 bits per heavy atom. The maximum atomic E-state index is 13.8. The summed E-state index contributed by atoms with van der Waals surface area (Å²) in [5, 5.41) is 2.66. The van der Waals surface area contributed by atoms with Crippen molar-refractivity contribution in [3.8, 4) is 11.4 Å². The van der Waals surface area contributed by atoms with Gasteiger partial charge >= 0.3 is 0 Å². The molecule has 3 rings (SSSR count). The zero-order valence-corrected chi connectivity index (χ0v) is 15.3. The van der Waals surface area contributed by atoms with E-state index < -0.39 is 27.4 Å². The fourth-order valence-electron chi connectivity index (χ4n) is 2.33. The van der Waals surface area contributed by atoms with Crippen molar-refractivity contribution in [2.45, 2.75) is 4.90 Å². The van der Waals surface area contributed by atoms with Gasteiger partial charge in [0.1, 0.15) is 11.5 Å². The van der Waals surface area contributed by atoms with Crippen LogP contribution in [-0.4, -0.2) is 30.5 Å². The lowest BCUT2D eigenvalue weighted by Crippen LogP contribution is -2.11. The average molecular weight is 412 g/mol. The Labute approximate surface area is 158 Å². The molecule has 27 heavy (non-hydrogen) atoms. The van der Waals surface area contributed by atoms with Gasteiger partial charge in [-0.15, -0.1) is 0 Å². The smallest absolute Gasteiger partial charge is 0.257 e. The van der Waals surface area contributed by atoms with Gasteiger partial charge < -0.3 is 10.3 Å². The van der Waals surface area contributed by atoms with Crippen LogP contribution in [0, 0.1) is 11.6 Å². The summed E-state index contributed by atoms with van der Waals surface area (Å²) in [4.78, 5) is 18.7. The van der Waals surface area contributed by atoms with E-state index in [0.29, 0.717) is 6.07 Å². The molecule has 0 bridgehead atoms. The Morgan fingerprint density at radius 1 is 1.19 bits per heavy atom. The highest BCUT2D eigenvalue weighted by Crippen LogP contribution is 2.24. The van der Waals surface area contributed by atoms with Crippen LogP contribution >= 0.6 is 11.6 Å². The molecule has 2 heterocycles. The number of aromatic nitrogens is 2. The molecule has 0 unspecified atom stereocenters. The molecule has 1 amide bonds. The maximum absolute atomic E-state index is 13.8. The lowest BCUT2D eigenvalue weighted by atomic mass is 10.2. The molecule has 0 aliphatic carbocycles. The van der Waals surface area contributed by atoms with Gasteiger partial charge in [-0.2, -0.15) is 0 Å². The Hall–Kier alpha value is -2.78. The first-order valence-corrected chi connectivity index (χ1v) is 9.72. The minimum absolute atomic E-state index is 0.0439. The Balaban J connectivity index is 1.86. The van der Waals surface area contributed by atoms with Gasteiger partial charge in [0.05, 0.1) is 22.3 Å². The molecule has 3 aromatic rings. The van der Waals surface area contributed by atoms with Crippen LogP contribution in [0.2, 0.25) is 5.02 Å². The van der Waals surface area contributed by atoms with E-state index in [1.807, 2.05) is 0 Å². The maximum Gasteiger partial charge on any atom is 0.257 e. The fourth-order valence-corrected chi connectivity index (χ4v) is 3.31. The first-order valence-electron chi connectivity index (χ1n) is 7.45. The molecule has 1 aromatic carbocycles. The predicted octanol–water partition coefficient (Wildman–Crippen LogP) is 3.66. The molecule has 2 aromatic heterocycles. The van der Waals surface area contributed by atoms with Crippen LogP contribution in [0.5, 0.6) is 0 Å². The van der Waals surface area contributed by atoms with Crippen LogP contribution in [0.15, 0.2) is 47.6 Å². The quantitative estimate of drug-likeness (QED) is 0.685. The zero-order chi connectivity index (χ0) is 19.8. The number of anilines is 1. The molecule has 6 nitrogen and oxygen atoms in total. The molecule has 140 valence electrons. The van der Waals surface area contributed by atoms with Gasteiger partial charge in [-0.3, -0.25) is 4.79 Å². The second kappa shape index (κ2) is 7.09. The number of sulfone groups is 1. The number of carbonyl (C=O) groups excluding carboxylic acids is 1. The van der Waals surface area contributed by atoms with Crippen molar-refractivity contribution >= 4 is 33.0 Å². The zero-order valence-electron chi connectivity index (χ0n) is 13.8. The number of hydrogen-bond donors (Lipinski definition) is 2. The molecule has 0 fully saturated rings. The number of nitrogens with one attached hydrogen (secondary N) is 2. The second-order valence-electron chi connectivity index (χ2n) is 5.69. The summed E-state index contributed by atoms with van der Waals surface area (Å²) in [5.74, 6) is -2.28. The van der Waals surface area contributed by atoms with E-state index in [1.54, 1.807) is 0 Å². The van der Waals surface area contributed by atoms with Gasteiger partial charge in [-0.25, -0.2) is 22.2 Å². The minimum Gasteiger partial charge on any atom is -0.359 e. The molecule has 10 heteroatoms. The molecule has 0 aliphatic rings. The van der Waals surface area contributed by atoms with Crippen molar-refractivity contribution in [1.29, 1.82) is 0 Å². The number of hydrogen-bond acceptors (Lipinski definition) is 4. The fraction of sp³-hybridized carbons (Fsp3) is 0.0588. The second-order valence-corrected chi connectivity index (χ2v) is 8.14. The highest BCUT2D eigenvalue weighted by Gasteiger charge is 2.15. The van der Waals surface area contributed by atoms with Crippen LogP contribution in [-0.2, 0) is 9.84 Å². The van der Waals surface area contributed by atoms with E-state index in [9.17, 15) is 22.0 Å². The van der Waals surface area contributed by atoms with Crippen molar-refractivity contribution in [2.75, 3.05) is 11.6 Å². The van der Waals surface area contributed by atoms with Crippen LogP contribution in [0.1, 0.15) is 10.4 Å². The number of aromatic amines is 1. The third-order valence-electron chi connectivity index (χ3n) is 3.57. The van der Waals surface area contributed by atoms with Crippen molar-refractivity contribution in [2.24, 2.45) is 0 Å². The molecular weight excluding hydrogens is 400 g/mol. The van der Waals surface area contributed by atoms with Crippen molar-refractivity contribution in [3.63, 3.8) is 0 Å². The number of benzene rings is 1. The SMILES string of the molecule is CS(=O)(=O)c1cc(Cl)cc(NC(=O)c2c[nH]c(-c3ncc(F)cc3F)c2)c1. The van der Waals surface area contributed by atoms with Gasteiger partial charge in [-0.05, 0) is 24.3 Å². The molecule has 0 saturated carbocycles. The van der Waals surface area contributed by atoms with Gasteiger partial charge in [0.15, 0.2) is 15.7 Å². The molecule has 0 aliphatic heterocycles. The number of nitrogens with zero attached hydrogens (tertiary/aromatic N) is 1. The first-order chi connectivity index (χ1) is 12.6. The van der Waals surface area contributed by atoms with E-state index >= 15 is 0 Å². The Bertz CT molecular complexity index is 1150. The van der Waals surface area contributed by atoms with E-state index in [4.69, 9.17) is 11.6 Å². The topological polar surface area (TPSA) is 91.9 Å². The van der Waals surface area contributed by atoms with E-state index in [0.717, 1.165) is 12.5 Å². The largest absolute Gasteiger partial charge is 0.359 e. The van der Waals surface area contributed by atoms with Crippen molar-refractivity contribution < 1.29 is 22.0 Å². The van der Waals surface area contributed by atoms with Gasteiger partial charge in [0.2, 0.25) is 0 Å². The first kappa shape index (κ1) is 19.0. The summed E-state index contributed by atoms with van der Waals surface area (Å²) < 4.78 is 50.1. The van der Waals surface area contributed by atoms with E-state index in [1.165, 1.54) is 30.5 Å². The summed E-state index contributed by atoms with van der Waals surface area (Å²) in [6.45, 7) is 0. The molecule has 0 spiro atoms. The number of carbonyl (C=O) groups is 1. The third kappa shape index (κ3) is 4.32. The standard InChI is InChI=1S/C17H12ClF2N3O3S/c1-27(25,26)13-4-10(18)3-12(6-13)23-17(24)9-2-15(21-7-9)16-14(20)5-11(19)8-22-16/h2-8,21H,1H3,(H,23,24). The van der Waals surface area contributed by atoms with Crippen molar-refractivity contribution in [3.05, 3.63) is 64.9 Å². The van der Waals surface area contributed by atoms with Crippen molar-refractivity contribution in [1.82, 2.24) is 9.97 Å². The Morgan fingerprint density at radius 2 is 1.93 bits per heavy atom. The number of pyridine rings is 1.